The van der Waals surface area contributed by atoms with Crippen molar-refractivity contribution >= 4 is 29.2 Å². The van der Waals surface area contributed by atoms with Gasteiger partial charge >= 0.3 is 0 Å². The van der Waals surface area contributed by atoms with Crippen LogP contribution < -0.4 is 4.90 Å². The van der Waals surface area contributed by atoms with Gasteiger partial charge in [0.15, 0.2) is 5.82 Å². The van der Waals surface area contributed by atoms with Gasteiger partial charge in [0.05, 0.1) is 0 Å². The van der Waals surface area contributed by atoms with Crippen molar-refractivity contribution in [3.63, 3.8) is 0 Å². The second-order valence-corrected chi connectivity index (χ2v) is 5.41. The minimum atomic E-state index is 0.511. The van der Waals surface area contributed by atoms with Crippen LogP contribution in [0, 0.1) is 11.3 Å². The number of rotatable bonds is 4. The maximum absolute atomic E-state index is 9.29. The fourth-order valence-corrected chi connectivity index (χ4v) is 2.46. The van der Waals surface area contributed by atoms with Gasteiger partial charge < -0.3 is 4.90 Å². The molecule has 1 heterocycles. The van der Waals surface area contributed by atoms with E-state index >= 15 is 0 Å². The van der Waals surface area contributed by atoms with Gasteiger partial charge in [-0.3, -0.25) is 0 Å². The van der Waals surface area contributed by atoms with Crippen molar-refractivity contribution < 1.29 is 0 Å². The van der Waals surface area contributed by atoms with E-state index in [-0.39, 0.29) is 0 Å². The van der Waals surface area contributed by atoms with E-state index < -0.39 is 0 Å². The van der Waals surface area contributed by atoms with E-state index in [2.05, 4.69) is 16.0 Å². The van der Waals surface area contributed by atoms with E-state index in [0.29, 0.717) is 28.0 Å². The topological polar surface area (TPSA) is 52.8 Å². The SMILES string of the molecule is CSc1ncnc(N(C)Cc2ccc(Cl)cc2)c1C#N. The number of hydrogen-bond donors (Lipinski definition) is 0. The highest BCUT2D eigenvalue weighted by molar-refractivity contribution is 7.98. The molecular formula is C14H13ClN4S. The van der Waals surface area contributed by atoms with E-state index in [0.717, 1.165) is 5.56 Å². The molecule has 6 heteroatoms. The first-order valence-electron chi connectivity index (χ1n) is 5.90. The minimum absolute atomic E-state index is 0.511. The van der Waals surface area contributed by atoms with Crippen molar-refractivity contribution in [3.05, 3.63) is 46.7 Å². The lowest BCUT2D eigenvalue weighted by molar-refractivity contribution is 0.872. The number of hydrogen-bond acceptors (Lipinski definition) is 5. The van der Waals surface area contributed by atoms with Gasteiger partial charge in [0.25, 0.3) is 0 Å². The summed E-state index contributed by atoms with van der Waals surface area (Å²) >= 11 is 7.31. The van der Waals surface area contributed by atoms with Crippen molar-refractivity contribution in [2.75, 3.05) is 18.2 Å². The van der Waals surface area contributed by atoms with Gasteiger partial charge in [0, 0.05) is 18.6 Å². The van der Waals surface area contributed by atoms with Gasteiger partial charge in [-0.15, -0.1) is 11.8 Å². The molecule has 0 aliphatic heterocycles. The zero-order valence-corrected chi connectivity index (χ0v) is 12.7. The summed E-state index contributed by atoms with van der Waals surface area (Å²) in [5, 5.41) is 10.7. The molecule has 4 nitrogen and oxygen atoms in total. The van der Waals surface area contributed by atoms with Gasteiger partial charge in [-0.05, 0) is 24.0 Å². The summed E-state index contributed by atoms with van der Waals surface area (Å²) in [7, 11) is 1.90. The molecule has 0 radical (unpaired) electrons. The van der Waals surface area contributed by atoms with Crippen LogP contribution in [0.15, 0.2) is 35.6 Å². The number of halogens is 1. The third-order valence-corrected chi connectivity index (χ3v) is 3.74. The normalized spacial score (nSPS) is 10.1. The molecule has 0 amide bonds. The maximum Gasteiger partial charge on any atom is 0.151 e. The second kappa shape index (κ2) is 6.60. The van der Waals surface area contributed by atoms with Crippen LogP contribution in [0.2, 0.25) is 5.02 Å². The zero-order valence-electron chi connectivity index (χ0n) is 11.2. The lowest BCUT2D eigenvalue weighted by Crippen LogP contribution is -2.19. The first kappa shape index (κ1) is 14.6. The van der Waals surface area contributed by atoms with Gasteiger partial charge in [-0.1, -0.05) is 23.7 Å². The third kappa shape index (κ3) is 3.21. The molecule has 2 rings (SSSR count). The minimum Gasteiger partial charge on any atom is -0.354 e. The largest absolute Gasteiger partial charge is 0.354 e. The Morgan fingerprint density at radius 3 is 2.60 bits per heavy atom. The van der Waals surface area contributed by atoms with Gasteiger partial charge in [0.1, 0.15) is 23.0 Å². The molecule has 20 heavy (non-hydrogen) atoms. The number of nitrogens with zero attached hydrogens (tertiary/aromatic N) is 4. The maximum atomic E-state index is 9.29. The summed E-state index contributed by atoms with van der Waals surface area (Å²) < 4.78 is 0. The smallest absolute Gasteiger partial charge is 0.151 e. The van der Waals surface area contributed by atoms with E-state index in [9.17, 15) is 5.26 Å². The molecule has 1 aromatic carbocycles. The van der Waals surface area contributed by atoms with Gasteiger partial charge in [-0.2, -0.15) is 5.26 Å². The van der Waals surface area contributed by atoms with Gasteiger partial charge in [0.2, 0.25) is 0 Å². The van der Waals surface area contributed by atoms with E-state index in [1.807, 2.05) is 42.5 Å². The first-order chi connectivity index (χ1) is 9.65. The third-order valence-electron chi connectivity index (χ3n) is 2.79. The van der Waals surface area contributed by atoms with Crippen LogP contribution in [-0.2, 0) is 6.54 Å². The Hall–Kier alpha value is -1.77. The Bertz CT molecular complexity index is 637. The molecule has 0 saturated heterocycles. The lowest BCUT2D eigenvalue weighted by Gasteiger charge is -2.19. The summed E-state index contributed by atoms with van der Waals surface area (Å²) in [5.41, 5.74) is 1.61. The molecular weight excluding hydrogens is 292 g/mol. The molecule has 0 bridgehead atoms. The highest BCUT2D eigenvalue weighted by atomic mass is 35.5. The van der Waals surface area contributed by atoms with E-state index in [4.69, 9.17) is 11.6 Å². The Labute approximate surface area is 127 Å². The van der Waals surface area contributed by atoms with Crippen molar-refractivity contribution in [2.24, 2.45) is 0 Å². The van der Waals surface area contributed by atoms with Crippen molar-refractivity contribution in [2.45, 2.75) is 11.6 Å². The Morgan fingerprint density at radius 1 is 1.30 bits per heavy atom. The number of nitriles is 1. The Kier molecular flexibility index (Phi) is 4.83. The molecule has 2 aromatic rings. The zero-order chi connectivity index (χ0) is 14.5. The fraction of sp³-hybridized carbons (Fsp3) is 0.214. The molecule has 0 saturated carbocycles. The molecule has 0 fully saturated rings. The summed E-state index contributed by atoms with van der Waals surface area (Å²) in [6.07, 6.45) is 3.38. The van der Waals surface area contributed by atoms with Crippen LogP contribution in [0.1, 0.15) is 11.1 Å². The quantitative estimate of drug-likeness (QED) is 0.640. The molecule has 0 spiro atoms. The monoisotopic (exact) mass is 304 g/mol. The molecule has 102 valence electrons. The summed E-state index contributed by atoms with van der Waals surface area (Å²) in [5.74, 6) is 0.641. The summed E-state index contributed by atoms with van der Waals surface area (Å²) in [6, 6.07) is 9.80. The van der Waals surface area contributed by atoms with Crippen LogP contribution in [0.3, 0.4) is 0 Å². The van der Waals surface area contributed by atoms with E-state index in [1.54, 1.807) is 0 Å². The average molecular weight is 305 g/mol. The van der Waals surface area contributed by atoms with Crippen LogP contribution >= 0.6 is 23.4 Å². The Morgan fingerprint density at radius 2 is 2.00 bits per heavy atom. The predicted molar refractivity (Wildman–Crippen MR) is 82.1 cm³/mol. The highest BCUT2D eigenvalue weighted by Crippen LogP contribution is 2.25. The molecule has 0 aliphatic carbocycles. The second-order valence-electron chi connectivity index (χ2n) is 4.18. The van der Waals surface area contributed by atoms with Crippen LogP contribution in [-0.4, -0.2) is 23.3 Å². The molecule has 0 unspecified atom stereocenters. The van der Waals surface area contributed by atoms with Crippen molar-refractivity contribution in [1.82, 2.24) is 9.97 Å². The molecule has 1 aromatic heterocycles. The lowest BCUT2D eigenvalue weighted by atomic mass is 10.2. The summed E-state index contributed by atoms with van der Waals surface area (Å²) in [6.45, 7) is 0.649. The predicted octanol–water partition coefficient (Wildman–Crippen LogP) is 3.36. The van der Waals surface area contributed by atoms with E-state index in [1.165, 1.54) is 18.1 Å². The molecule has 0 atom stereocenters. The summed E-state index contributed by atoms with van der Waals surface area (Å²) in [4.78, 5) is 10.3. The molecule has 0 aliphatic rings. The van der Waals surface area contributed by atoms with Crippen LogP contribution in [0.4, 0.5) is 5.82 Å². The highest BCUT2D eigenvalue weighted by Gasteiger charge is 2.14. The van der Waals surface area contributed by atoms with Crippen molar-refractivity contribution in [1.29, 1.82) is 5.26 Å². The van der Waals surface area contributed by atoms with Gasteiger partial charge in [-0.25, -0.2) is 9.97 Å². The van der Waals surface area contributed by atoms with Crippen LogP contribution in [0.25, 0.3) is 0 Å². The molecule has 0 N–H and O–H groups in total. The first-order valence-corrected chi connectivity index (χ1v) is 7.50. The fourth-order valence-electron chi connectivity index (χ4n) is 1.84. The average Bonchev–Trinajstić information content (AvgIpc) is 2.48. The standard InChI is InChI=1S/C14H13ClN4S/c1-19(8-10-3-5-11(15)6-4-10)13-12(7-16)14(20-2)18-9-17-13/h3-6,9H,8H2,1-2H3. The number of anilines is 1. The van der Waals surface area contributed by atoms with Crippen molar-refractivity contribution in [3.8, 4) is 6.07 Å². The number of aromatic nitrogens is 2. The number of benzene rings is 1. The Balaban J connectivity index is 2.27. The number of thioether (sulfide) groups is 1. The van der Waals surface area contributed by atoms with Crippen LogP contribution in [0.5, 0.6) is 0 Å².